The zero-order valence-electron chi connectivity index (χ0n) is 12.7. The van der Waals surface area contributed by atoms with Crippen LogP contribution < -0.4 is 5.32 Å². The molecule has 1 saturated heterocycles. The van der Waals surface area contributed by atoms with E-state index in [1.165, 1.54) is 31.4 Å². The minimum Gasteiger partial charge on any atom is -0.314 e. The molecular formula is C17H27FN2. The molecule has 0 radical (unpaired) electrons. The summed E-state index contributed by atoms with van der Waals surface area (Å²) in [4.78, 5) is 2.56. The van der Waals surface area contributed by atoms with E-state index < -0.39 is 0 Å². The molecule has 0 spiro atoms. The summed E-state index contributed by atoms with van der Waals surface area (Å²) in [5.41, 5.74) is 1.23. The van der Waals surface area contributed by atoms with E-state index in [1.807, 2.05) is 12.1 Å². The first kappa shape index (κ1) is 15.5. The monoisotopic (exact) mass is 278 g/mol. The fourth-order valence-electron chi connectivity index (χ4n) is 3.01. The molecule has 2 nitrogen and oxygen atoms in total. The molecule has 0 aliphatic carbocycles. The maximum atomic E-state index is 12.9. The molecule has 2 unspecified atom stereocenters. The lowest BCUT2D eigenvalue weighted by molar-refractivity contribution is 0.138. The predicted octanol–water partition coefficient (Wildman–Crippen LogP) is 3.22. The van der Waals surface area contributed by atoms with E-state index in [0.717, 1.165) is 19.5 Å². The summed E-state index contributed by atoms with van der Waals surface area (Å²) >= 11 is 0. The number of hydrogen-bond acceptors (Lipinski definition) is 2. The van der Waals surface area contributed by atoms with Crippen LogP contribution in [-0.2, 0) is 6.42 Å². The molecule has 1 aliphatic heterocycles. The van der Waals surface area contributed by atoms with Gasteiger partial charge in [0.15, 0.2) is 0 Å². The van der Waals surface area contributed by atoms with Crippen LogP contribution in [-0.4, -0.2) is 36.6 Å². The third kappa shape index (κ3) is 4.57. The smallest absolute Gasteiger partial charge is 0.123 e. The number of nitrogens with zero attached hydrogens (tertiary/aromatic N) is 1. The molecule has 1 heterocycles. The van der Waals surface area contributed by atoms with Gasteiger partial charge in [0.05, 0.1) is 0 Å². The number of nitrogens with one attached hydrogen (secondary N) is 1. The highest BCUT2D eigenvalue weighted by Crippen LogP contribution is 2.18. The summed E-state index contributed by atoms with van der Waals surface area (Å²) in [6.45, 7) is 7.92. The molecule has 1 aliphatic rings. The Labute approximate surface area is 122 Å². The van der Waals surface area contributed by atoms with Crippen LogP contribution in [0.15, 0.2) is 24.3 Å². The Morgan fingerprint density at radius 3 is 2.70 bits per heavy atom. The number of benzene rings is 1. The summed E-state index contributed by atoms with van der Waals surface area (Å²) in [5.74, 6) is -0.148. The Hall–Kier alpha value is -0.930. The van der Waals surface area contributed by atoms with E-state index in [0.29, 0.717) is 12.1 Å². The average molecular weight is 278 g/mol. The molecule has 1 aromatic carbocycles. The highest BCUT2D eigenvalue weighted by atomic mass is 19.1. The Morgan fingerprint density at radius 2 is 2.05 bits per heavy atom. The van der Waals surface area contributed by atoms with Crippen molar-refractivity contribution < 1.29 is 4.39 Å². The van der Waals surface area contributed by atoms with Gasteiger partial charge in [-0.3, -0.25) is 0 Å². The van der Waals surface area contributed by atoms with Gasteiger partial charge in [-0.1, -0.05) is 19.1 Å². The summed E-state index contributed by atoms with van der Waals surface area (Å²) in [6.07, 6.45) is 4.70. The average Bonchev–Trinajstić information content (AvgIpc) is 2.46. The highest BCUT2D eigenvalue weighted by Gasteiger charge is 2.24. The lowest BCUT2D eigenvalue weighted by Gasteiger charge is -2.38. The number of piperidine rings is 1. The van der Waals surface area contributed by atoms with Crippen molar-refractivity contribution in [1.82, 2.24) is 10.2 Å². The van der Waals surface area contributed by atoms with Crippen molar-refractivity contribution >= 4 is 0 Å². The van der Waals surface area contributed by atoms with Crippen LogP contribution >= 0.6 is 0 Å². The van der Waals surface area contributed by atoms with Gasteiger partial charge in [-0.25, -0.2) is 4.39 Å². The van der Waals surface area contributed by atoms with Crippen LogP contribution in [0.4, 0.5) is 4.39 Å². The number of halogens is 1. The molecule has 112 valence electrons. The fourth-order valence-corrected chi connectivity index (χ4v) is 3.01. The first-order valence-electron chi connectivity index (χ1n) is 7.91. The summed E-state index contributed by atoms with van der Waals surface area (Å²) < 4.78 is 12.9. The van der Waals surface area contributed by atoms with Gasteiger partial charge in [0.2, 0.25) is 0 Å². The maximum Gasteiger partial charge on any atom is 0.123 e. The molecule has 0 saturated carbocycles. The minimum atomic E-state index is -0.148. The van der Waals surface area contributed by atoms with E-state index in [-0.39, 0.29) is 5.82 Å². The van der Waals surface area contributed by atoms with Gasteiger partial charge in [-0.05, 0) is 63.4 Å². The van der Waals surface area contributed by atoms with Crippen molar-refractivity contribution in [3.63, 3.8) is 0 Å². The molecule has 2 atom stereocenters. The van der Waals surface area contributed by atoms with Gasteiger partial charge >= 0.3 is 0 Å². The molecule has 3 heteroatoms. The van der Waals surface area contributed by atoms with E-state index in [2.05, 4.69) is 24.1 Å². The molecule has 0 bridgehead atoms. The second-order valence-electron chi connectivity index (χ2n) is 5.94. The van der Waals surface area contributed by atoms with Crippen molar-refractivity contribution in [1.29, 1.82) is 0 Å². The van der Waals surface area contributed by atoms with Crippen molar-refractivity contribution in [3.05, 3.63) is 35.6 Å². The third-order valence-electron chi connectivity index (χ3n) is 4.30. The first-order chi connectivity index (χ1) is 9.69. The molecule has 1 N–H and O–H groups in total. The van der Waals surface area contributed by atoms with Gasteiger partial charge in [0.1, 0.15) is 5.82 Å². The second kappa shape index (κ2) is 7.75. The fraction of sp³-hybridized carbons (Fsp3) is 0.647. The molecule has 0 amide bonds. The van der Waals surface area contributed by atoms with Crippen LogP contribution in [0.2, 0.25) is 0 Å². The van der Waals surface area contributed by atoms with Crippen molar-refractivity contribution in [3.8, 4) is 0 Å². The standard InChI is InChI=1S/C17H27FN2/c1-3-10-19-17-9-12-20(14(2)13-17)11-8-15-4-6-16(18)7-5-15/h4-7,14,17,19H,3,8-13H2,1-2H3. The third-order valence-corrected chi connectivity index (χ3v) is 4.30. The van der Waals surface area contributed by atoms with Crippen molar-refractivity contribution in [2.45, 2.75) is 51.6 Å². The van der Waals surface area contributed by atoms with Gasteiger partial charge < -0.3 is 10.2 Å². The lowest BCUT2D eigenvalue weighted by atomic mass is 9.97. The molecule has 1 aromatic rings. The van der Waals surface area contributed by atoms with Crippen LogP contribution in [0.3, 0.4) is 0 Å². The number of rotatable bonds is 6. The van der Waals surface area contributed by atoms with Crippen molar-refractivity contribution in [2.75, 3.05) is 19.6 Å². The molecule has 2 rings (SSSR count). The van der Waals surface area contributed by atoms with Crippen LogP contribution in [0.1, 0.15) is 38.7 Å². The van der Waals surface area contributed by atoms with E-state index >= 15 is 0 Å². The quantitative estimate of drug-likeness (QED) is 0.859. The summed E-state index contributed by atoms with van der Waals surface area (Å²) in [5, 5.41) is 3.63. The molecule has 20 heavy (non-hydrogen) atoms. The van der Waals surface area contributed by atoms with E-state index in [4.69, 9.17) is 0 Å². The summed E-state index contributed by atoms with van der Waals surface area (Å²) in [6, 6.07) is 8.23. The zero-order chi connectivity index (χ0) is 14.4. The largest absolute Gasteiger partial charge is 0.314 e. The Kier molecular flexibility index (Phi) is 5.99. The van der Waals surface area contributed by atoms with E-state index in [1.54, 1.807) is 12.1 Å². The maximum absolute atomic E-state index is 12.9. The number of hydrogen-bond donors (Lipinski definition) is 1. The topological polar surface area (TPSA) is 15.3 Å². The molecular weight excluding hydrogens is 251 g/mol. The van der Waals surface area contributed by atoms with Crippen LogP contribution in [0, 0.1) is 5.82 Å². The number of likely N-dealkylation sites (tertiary alicyclic amines) is 1. The highest BCUT2D eigenvalue weighted by molar-refractivity contribution is 5.16. The van der Waals surface area contributed by atoms with Gasteiger partial charge in [-0.2, -0.15) is 0 Å². The minimum absolute atomic E-state index is 0.148. The Morgan fingerprint density at radius 1 is 1.30 bits per heavy atom. The summed E-state index contributed by atoms with van der Waals surface area (Å²) in [7, 11) is 0. The molecule has 0 aromatic heterocycles. The lowest BCUT2D eigenvalue weighted by Crippen LogP contribution is -2.48. The SMILES string of the molecule is CCCNC1CCN(CCc2ccc(F)cc2)C(C)C1. The second-order valence-corrected chi connectivity index (χ2v) is 5.94. The van der Waals surface area contributed by atoms with Gasteiger partial charge in [-0.15, -0.1) is 0 Å². The Bertz CT molecular complexity index is 390. The first-order valence-corrected chi connectivity index (χ1v) is 7.91. The zero-order valence-corrected chi connectivity index (χ0v) is 12.7. The van der Waals surface area contributed by atoms with Gasteiger partial charge in [0.25, 0.3) is 0 Å². The Balaban J connectivity index is 1.75. The predicted molar refractivity (Wildman–Crippen MR) is 82.5 cm³/mol. The van der Waals surface area contributed by atoms with Gasteiger partial charge in [0, 0.05) is 18.6 Å². The molecule has 1 fully saturated rings. The van der Waals surface area contributed by atoms with Crippen molar-refractivity contribution in [2.24, 2.45) is 0 Å². The van der Waals surface area contributed by atoms with Crippen LogP contribution in [0.5, 0.6) is 0 Å². The van der Waals surface area contributed by atoms with E-state index in [9.17, 15) is 4.39 Å². The van der Waals surface area contributed by atoms with Crippen LogP contribution in [0.25, 0.3) is 0 Å². The normalized spacial score (nSPS) is 23.9.